The van der Waals surface area contributed by atoms with Crippen molar-refractivity contribution < 1.29 is 23.4 Å². The molecule has 2 aromatic carbocycles. The highest BCUT2D eigenvalue weighted by Gasteiger charge is 2.12. The van der Waals surface area contributed by atoms with Crippen LogP contribution in [-0.2, 0) is 11.2 Å². The molecule has 3 aromatic rings. The van der Waals surface area contributed by atoms with Crippen molar-refractivity contribution in [3.05, 3.63) is 70.5 Å². The summed E-state index contributed by atoms with van der Waals surface area (Å²) in [5.41, 5.74) is 1.69. The molecule has 0 aliphatic carbocycles. The van der Waals surface area contributed by atoms with Crippen molar-refractivity contribution in [2.45, 2.75) is 6.42 Å². The van der Waals surface area contributed by atoms with E-state index in [2.05, 4.69) is 10.3 Å². The van der Waals surface area contributed by atoms with Gasteiger partial charge in [0.25, 0.3) is 0 Å². The zero-order chi connectivity index (χ0) is 21.5. The molecule has 0 saturated carbocycles. The molecule has 1 heterocycles. The van der Waals surface area contributed by atoms with E-state index in [0.717, 1.165) is 16.0 Å². The topological polar surface area (TPSA) is 69.7 Å². The Hall–Kier alpha value is -3.39. The van der Waals surface area contributed by atoms with Gasteiger partial charge >= 0.3 is 0 Å². The van der Waals surface area contributed by atoms with Gasteiger partial charge in [0.05, 0.1) is 21.3 Å². The van der Waals surface area contributed by atoms with E-state index in [4.69, 9.17) is 14.2 Å². The zero-order valence-corrected chi connectivity index (χ0v) is 17.6. The summed E-state index contributed by atoms with van der Waals surface area (Å²) in [7, 11) is 4.59. The fourth-order valence-corrected chi connectivity index (χ4v) is 3.62. The number of anilines is 1. The average molecular weight is 428 g/mol. The van der Waals surface area contributed by atoms with Crippen molar-refractivity contribution in [1.82, 2.24) is 4.98 Å². The number of aromatic nitrogens is 1. The Morgan fingerprint density at radius 3 is 2.37 bits per heavy atom. The summed E-state index contributed by atoms with van der Waals surface area (Å²) in [4.78, 5) is 17.5. The van der Waals surface area contributed by atoms with Crippen LogP contribution in [0.3, 0.4) is 0 Å². The lowest BCUT2D eigenvalue weighted by molar-refractivity contribution is -0.111. The van der Waals surface area contributed by atoms with E-state index >= 15 is 0 Å². The third-order valence-electron chi connectivity index (χ3n) is 4.19. The summed E-state index contributed by atoms with van der Waals surface area (Å²) in [5, 5.41) is 3.23. The molecular weight excluding hydrogens is 407 g/mol. The zero-order valence-electron chi connectivity index (χ0n) is 16.8. The van der Waals surface area contributed by atoms with Crippen LogP contribution in [0.4, 0.5) is 9.52 Å². The molecule has 0 aliphatic heterocycles. The third-order valence-corrected chi connectivity index (χ3v) is 5.10. The summed E-state index contributed by atoms with van der Waals surface area (Å²) in [6.45, 7) is 0. The molecule has 8 heteroatoms. The molecule has 0 atom stereocenters. The summed E-state index contributed by atoms with van der Waals surface area (Å²) in [5.74, 6) is 0.906. The number of carbonyl (C=O) groups excluding carboxylic acids is 1. The minimum atomic E-state index is -0.313. The Labute approximate surface area is 177 Å². The molecular formula is C22H21FN2O4S. The molecule has 0 aliphatic rings. The van der Waals surface area contributed by atoms with Gasteiger partial charge in [-0.2, -0.15) is 0 Å². The first-order valence-electron chi connectivity index (χ1n) is 9.00. The van der Waals surface area contributed by atoms with Crippen LogP contribution in [-0.4, -0.2) is 32.2 Å². The van der Waals surface area contributed by atoms with Crippen LogP contribution in [0.15, 0.2) is 48.7 Å². The van der Waals surface area contributed by atoms with E-state index < -0.39 is 0 Å². The van der Waals surface area contributed by atoms with Gasteiger partial charge < -0.3 is 14.2 Å². The van der Waals surface area contributed by atoms with Gasteiger partial charge in [-0.05, 0) is 41.5 Å². The maximum Gasteiger partial charge on any atom is 0.250 e. The number of methoxy groups -OCH3 is 3. The molecule has 1 amide bonds. The molecule has 1 aromatic heterocycles. The number of rotatable bonds is 8. The molecule has 3 rings (SSSR count). The van der Waals surface area contributed by atoms with Gasteiger partial charge in [-0.25, -0.2) is 9.37 Å². The number of ether oxygens (including phenoxy) is 3. The Morgan fingerprint density at radius 1 is 1.10 bits per heavy atom. The summed E-state index contributed by atoms with van der Waals surface area (Å²) < 4.78 is 28.9. The van der Waals surface area contributed by atoms with Crippen molar-refractivity contribution in [3.8, 4) is 17.2 Å². The van der Waals surface area contributed by atoms with Gasteiger partial charge in [0.1, 0.15) is 5.82 Å². The first kappa shape index (κ1) is 21.3. The van der Waals surface area contributed by atoms with Crippen molar-refractivity contribution in [2.24, 2.45) is 0 Å². The molecule has 0 unspecified atom stereocenters. The van der Waals surface area contributed by atoms with E-state index in [-0.39, 0.29) is 11.7 Å². The Morgan fingerprint density at radius 2 is 1.77 bits per heavy atom. The lowest BCUT2D eigenvalue weighted by atomic mass is 10.1. The molecule has 0 radical (unpaired) electrons. The lowest BCUT2D eigenvalue weighted by Crippen LogP contribution is -2.07. The van der Waals surface area contributed by atoms with E-state index in [1.165, 1.54) is 50.9 Å². The Balaban J connectivity index is 1.65. The molecule has 30 heavy (non-hydrogen) atoms. The smallest absolute Gasteiger partial charge is 0.250 e. The summed E-state index contributed by atoms with van der Waals surface area (Å²) >= 11 is 1.37. The van der Waals surface area contributed by atoms with Crippen molar-refractivity contribution in [3.63, 3.8) is 0 Å². The fourth-order valence-electron chi connectivity index (χ4n) is 2.77. The number of carbonyl (C=O) groups is 1. The first-order valence-corrected chi connectivity index (χ1v) is 9.82. The molecule has 0 bridgehead atoms. The highest BCUT2D eigenvalue weighted by molar-refractivity contribution is 7.15. The Bertz CT molecular complexity index is 1020. The van der Waals surface area contributed by atoms with Gasteiger partial charge in [0.2, 0.25) is 11.7 Å². The second-order valence-corrected chi connectivity index (χ2v) is 7.33. The number of halogens is 1. The maximum absolute atomic E-state index is 13.0. The predicted molar refractivity (Wildman–Crippen MR) is 115 cm³/mol. The first-order chi connectivity index (χ1) is 14.5. The van der Waals surface area contributed by atoms with Gasteiger partial charge in [-0.15, -0.1) is 11.3 Å². The number of hydrogen-bond donors (Lipinski definition) is 1. The second kappa shape index (κ2) is 9.89. The quantitative estimate of drug-likeness (QED) is 0.533. The van der Waals surface area contributed by atoms with E-state index in [1.54, 1.807) is 36.5 Å². The largest absolute Gasteiger partial charge is 0.493 e. The number of thiazole rings is 1. The highest BCUT2D eigenvalue weighted by Crippen LogP contribution is 2.38. The van der Waals surface area contributed by atoms with E-state index in [0.29, 0.717) is 28.8 Å². The van der Waals surface area contributed by atoms with Gasteiger partial charge in [-0.1, -0.05) is 12.1 Å². The monoisotopic (exact) mass is 428 g/mol. The van der Waals surface area contributed by atoms with Crippen LogP contribution in [0.25, 0.3) is 6.08 Å². The normalized spacial score (nSPS) is 10.8. The average Bonchev–Trinajstić information content (AvgIpc) is 3.19. The molecule has 0 saturated heterocycles. The SMILES string of the molecule is COc1cc(/C=C/C(=O)Nc2ncc(Cc3ccc(F)cc3)s2)cc(OC)c1OC. The highest BCUT2D eigenvalue weighted by atomic mass is 32.1. The lowest BCUT2D eigenvalue weighted by Gasteiger charge is -2.12. The molecule has 0 spiro atoms. The number of nitrogens with one attached hydrogen (secondary N) is 1. The van der Waals surface area contributed by atoms with E-state index in [9.17, 15) is 9.18 Å². The second-order valence-electron chi connectivity index (χ2n) is 6.22. The molecule has 6 nitrogen and oxygen atoms in total. The third kappa shape index (κ3) is 5.36. The number of nitrogens with zero attached hydrogens (tertiary/aromatic N) is 1. The Kier molecular flexibility index (Phi) is 7.03. The van der Waals surface area contributed by atoms with Crippen LogP contribution in [0, 0.1) is 5.82 Å². The van der Waals surface area contributed by atoms with Crippen LogP contribution < -0.4 is 19.5 Å². The fraction of sp³-hybridized carbons (Fsp3) is 0.182. The standard InChI is InChI=1S/C22H21FN2O4S/c1-27-18-11-15(12-19(28-2)21(18)29-3)6-9-20(26)25-22-24-13-17(30-22)10-14-4-7-16(23)8-5-14/h4-9,11-13H,10H2,1-3H3,(H,24,25,26)/b9-6+. The van der Waals surface area contributed by atoms with Gasteiger partial charge in [0, 0.05) is 23.6 Å². The minimum Gasteiger partial charge on any atom is -0.493 e. The van der Waals surface area contributed by atoms with Crippen LogP contribution in [0.1, 0.15) is 16.0 Å². The minimum absolute atomic E-state index is 0.269. The molecule has 1 N–H and O–H groups in total. The van der Waals surface area contributed by atoms with E-state index in [1.807, 2.05) is 0 Å². The summed E-state index contributed by atoms with van der Waals surface area (Å²) in [6.07, 6.45) is 5.37. The van der Waals surface area contributed by atoms with Crippen molar-refractivity contribution >= 4 is 28.5 Å². The summed E-state index contributed by atoms with van der Waals surface area (Å²) in [6, 6.07) is 9.80. The number of amides is 1. The van der Waals surface area contributed by atoms with Crippen molar-refractivity contribution in [1.29, 1.82) is 0 Å². The number of hydrogen-bond acceptors (Lipinski definition) is 6. The van der Waals surface area contributed by atoms with Crippen LogP contribution in [0.5, 0.6) is 17.2 Å². The predicted octanol–water partition coefficient (Wildman–Crippen LogP) is 4.55. The molecule has 0 fully saturated rings. The van der Waals surface area contributed by atoms with Gasteiger partial charge in [-0.3, -0.25) is 10.1 Å². The van der Waals surface area contributed by atoms with Crippen LogP contribution in [0.2, 0.25) is 0 Å². The van der Waals surface area contributed by atoms with Gasteiger partial charge in [0.15, 0.2) is 16.6 Å². The van der Waals surface area contributed by atoms with Crippen molar-refractivity contribution in [2.75, 3.05) is 26.6 Å². The maximum atomic E-state index is 13.0. The van der Waals surface area contributed by atoms with Crippen LogP contribution >= 0.6 is 11.3 Å². The number of benzene rings is 2. The molecule has 156 valence electrons.